The number of hydrogen-bond donors (Lipinski definition) is 0. The first-order chi connectivity index (χ1) is 11.3. The van der Waals surface area contributed by atoms with Crippen LogP contribution in [-0.4, -0.2) is 74.2 Å². The van der Waals surface area contributed by atoms with Crippen LogP contribution in [0.2, 0.25) is 0 Å². The Labute approximate surface area is 144 Å². The second kappa shape index (κ2) is 6.46. The van der Waals surface area contributed by atoms with Gasteiger partial charge in [-0.1, -0.05) is 18.2 Å². The molecule has 6 nitrogen and oxygen atoms in total. The van der Waals surface area contributed by atoms with Gasteiger partial charge in [-0.15, -0.1) is 0 Å². The number of hydrogen-bond acceptors (Lipinski definition) is 4. The van der Waals surface area contributed by atoms with Crippen LogP contribution < -0.4 is 0 Å². The molecule has 7 heteroatoms. The van der Waals surface area contributed by atoms with Crippen LogP contribution in [0.3, 0.4) is 0 Å². The zero-order valence-corrected chi connectivity index (χ0v) is 15.1. The highest BCUT2D eigenvalue weighted by molar-refractivity contribution is 7.89. The number of amides is 1. The van der Waals surface area contributed by atoms with Gasteiger partial charge in [-0.2, -0.15) is 4.31 Å². The number of nitrogens with zero attached hydrogens (tertiary/aromatic N) is 3. The van der Waals surface area contributed by atoms with Crippen LogP contribution in [0.1, 0.15) is 19.3 Å². The van der Waals surface area contributed by atoms with Crippen LogP contribution in [0.15, 0.2) is 35.2 Å². The maximum Gasteiger partial charge on any atom is 0.243 e. The number of carbonyl (C=O) groups is 1. The van der Waals surface area contributed by atoms with E-state index in [0.29, 0.717) is 43.9 Å². The third kappa shape index (κ3) is 3.08. The molecular formula is C17H25N3O3S. The van der Waals surface area contributed by atoms with Crippen molar-refractivity contribution in [1.82, 2.24) is 14.1 Å². The third-order valence-corrected chi connectivity index (χ3v) is 7.35. The molecule has 0 N–H and O–H groups in total. The molecule has 0 saturated carbocycles. The summed E-state index contributed by atoms with van der Waals surface area (Å²) >= 11 is 0. The molecule has 1 unspecified atom stereocenters. The largest absolute Gasteiger partial charge is 0.346 e. The van der Waals surface area contributed by atoms with Gasteiger partial charge in [0.25, 0.3) is 0 Å². The summed E-state index contributed by atoms with van der Waals surface area (Å²) in [5.41, 5.74) is -0.263. The summed E-state index contributed by atoms with van der Waals surface area (Å²) in [6, 6.07) is 8.60. The Bertz CT molecular complexity index is 707. The molecule has 2 saturated heterocycles. The van der Waals surface area contributed by atoms with Crippen LogP contribution >= 0.6 is 0 Å². The van der Waals surface area contributed by atoms with Gasteiger partial charge < -0.3 is 4.90 Å². The van der Waals surface area contributed by atoms with Crippen LogP contribution in [-0.2, 0) is 14.8 Å². The van der Waals surface area contributed by atoms with Crippen molar-refractivity contribution in [1.29, 1.82) is 0 Å². The summed E-state index contributed by atoms with van der Waals surface area (Å²) in [7, 11) is 0.374. The summed E-state index contributed by atoms with van der Waals surface area (Å²) in [6.07, 6.45) is 1.97. The van der Waals surface area contributed by atoms with Gasteiger partial charge in [0.1, 0.15) is 0 Å². The average molecular weight is 351 g/mol. The van der Waals surface area contributed by atoms with E-state index in [1.54, 1.807) is 33.5 Å². The first-order valence-electron chi connectivity index (χ1n) is 8.36. The van der Waals surface area contributed by atoms with Gasteiger partial charge in [0.2, 0.25) is 15.9 Å². The fourth-order valence-electron chi connectivity index (χ4n) is 3.67. The molecule has 1 spiro atoms. The molecular weight excluding hydrogens is 326 g/mol. The Morgan fingerprint density at radius 3 is 2.42 bits per heavy atom. The van der Waals surface area contributed by atoms with Crippen molar-refractivity contribution >= 4 is 15.9 Å². The first kappa shape index (κ1) is 17.4. The summed E-state index contributed by atoms with van der Waals surface area (Å²) in [4.78, 5) is 16.4. The van der Waals surface area contributed by atoms with Gasteiger partial charge in [-0.3, -0.25) is 9.69 Å². The minimum Gasteiger partial charge on any atom is -0.346 e. The maximum absolute atomic E-state index is 13.0. The van der Waals surface area contributed by atoms with E-state index in [1.165, 1.54) is 0 Å². The first-order valence-corrected chi connectivity index (χ1v) is 9.80. The molecule has 2 fully saturated rings. The third-order valence-electron chi connectivity index (χ3n) is 5.49. The highest BCUT2D eigenvalue weighted by Gasteiger charge is 2.44. The molecule has 3 rings (SSSR count). The summed E-state index contributed by atoms with van der Waals surface area (Å²) in [6.45, 7) is 2.29. The minimum absolute atomic E-state index is 0.142. The molecule has 1 atom stereocenters. The van der Waals surface area contributed by atoms with Crippen LogP contribution in [0, 0.1) is 0 Å². The van der Waals surface area contributed by atoms with E-state index in [4.69, 9.17) is 0 Å². The lowest BCUT2D eigenvalue weighted by Gasteiger charge is -2.48. The van der Waals surface area contributed by atoms with Crippen LogP contribution in [0.5, 0.6) is 0 Å². The van der Waals surface area contributed by atoms with Crippen molar-refractivity contribution < 1.29 is 13.2 Å². The number of rotatable bonds is 2. The Morgan fingerprint density at radius 2 is 1.71 bits per heavy atom. The molecule has 0 bridgehead atoms. The predicted molar refractivity (Wildman–Crippen MR) is 92.0 cm³/mol. The SMILES string of the molecule is CN1CCC2(CCC1=O)CN(S(=O)(=O)c1ccccc1)CCN2C. The van der Waals surface area contributed by atoms with Gasteiger partial charge >= 0.3 is 0 Å². The topological polar surface area (TPSA) is 60.9 Å². The molecule has 1 aromatic carbocycles. The zero-order chi connectivity index (χ0) is 17.4. The number of sulfonamides is 1. The number of piperazine rings is 1. The molecule has 2 heterocycles. The second-order valence-electron chi connectivity index (χ2n) is 6.86. The lowest BCUT2D eigenvalue weighted by molar-refractivity contribution is -0.129. The Balaban J connectivity index is 1.87. The Hall–Kier alpha value is -1.44. The van der Waals surface area contributed by atoms with Gasteiger partial charge in [0.15, 0.2) is 0 Å². The van der Waals surface area contributed by atoms with E-state index in [2.05, 4.69) is 4.90 Å². The second-order valence-corrected chi connectivity index (χ2v) is 8.80. The Morgan fingerprint density at radius 1 is 1.00 bits per heavy atom. The Kier molecular flexibility index (Phi) is 4.68. The molecule has 24 heavy (non-hydrogen) atoms. The van der Waals surface area contributed by atoms with E-state index in [1.807, 2.05) is 20.2 Å². The molecule has 2 aliphatic heterocycles. The van der Waals surface area contributed by atoms with Gasteiger partial charge in [0.05, 0.1) is 4.90 Å². The number of likely N-dealkylation sites (tertiary alicyclic amines) is 1. The summed E-state index contributed by atoms with van der Waals surface area (Å²) in [5, 5.41) is 0. The molecule has 0 radical (unpaired) electrons. The molecule has 2 aliphatic rings. The summed E-state index contributed by atoms with van der Waals surface area (Å²) in [5.74, 6) is 0.142. The molecule has 0 aromatic heterocycles. The summed E-state index contributed by atoms with van der Waals surface area (Å²) < 4.78 is 27.5. The van der Waals surface area contributed by atoms with E-state index < -0.39 is 10.0 Å². The molecule has 1 aromatic rings. The lowest BCUT2D eigenvalue weighted by Crippen LogP contribution is -2.62. The van der Waals surface area contributed by atoms with E-state index >= 15 is 0 Å². The minimum atomic E-state index is -3.49. The van der Waals surface area contributed by atoms with Crippen molar-refractivity contribution in [3.8, 4) is 0 Å². The van der Waals surface area contributed by atoms with Crippen molar-refractivity contribution in [3.63, 3.8) is 0 Å². The van der Waals surface area contributed by atoms with E-state index in [0.717, 1.165) is 6.42 Å². The van der Waals surface area contributed by atoms with Crippen LogP contribution in [0.25, 0.3) is 0 Å². The fraction of sp³-hybridized carbons (Fsp3) is 0.588. The van der Waals surface area contributed by atoms with Crippen LogP contribution in [0.4, 0.5) is 0 Å². The van der Waals surface area contributed by atoms with Crippen molar-refractivity contribution in [3.05, 3.63) is 30.3 Å². The normalized spacial score (nSPS) is 27.4. The standard InChI is InChI=1S/C17H25N3O3S/c1-18-11-10-17(9-8-16(18)21)14-20(13-12-19(17)2)24(22,23)15-6-4-3-5-7-15/h3-7H,8-14H2,1-2H3. The average Bonchev–Trinajstić information content (AvgIpc) is 2.73. The van der Waals surface area contributed by atoms with Gasteiger partial charge in [0, 0.05) is 45.2 Å². The smallest absolute Gasteiger partial charge is 0.243 e. The fourth-order valence-corrected chi connectivity index (χ4v) is 5.20. The number of likely N-dealkylation sites (N-methyl/N-ethyl adjacent to an activating group) is 1. The molecule has 0 aliphatic carbocycles. The lowest BCUT2D eigenvalue weighted by atomic mass is 9.87. The highest BCUT2D eigenvalue weighted by atomic mass is 32.2. The maximum atomic E-state index is 13.0. The monoisotopic (exact) mass is 351 g/mol. The van der Waals surface area contributed by atoms with Crippen molar-refractivity contribution in [2.24, 2.45) is 0 Å². The quantitative estimate of drug-likeness (QED) is 0.798. The highest BCUT2D eigenvalue weighted by Crippen LogP contribution is 2.33. The predicted octanol–water partition coefficient (Wildman–Crippen LogP) is 1.00. The van der Waals surface area contributed by atoms with E-state index in [9.17, 15) is 13.2 Å². The van der Waals surface area contributed by atoms with Gasteiger partial charge in [-0.05, 0) is 32.0 Å². The zero-order valence-electron chi connectivity index (χ0n) is 14.3. The molecule has 1 amide bonds. The van der Waals surface area contributed by atoms with Crippen molar-refractivity contribution in [2.45, 2.75) is 29.7 Å². The number of benzene rings is 1. The molecule has 132 valence electrons. The van der Waals surface area contributed by atoms with E-state index in [-0.39, 0.29) is 11.4 Å². The number of carbonyl (C=O) groups excluding carboxylic acids is 1. The van der Waals surface area contributed by atoms with Crippen molar-refractivity contribution in [2.75, 3.05) is 40.3 Å². The van der Waals surface area contributed by atoms with Gasteiger partial charge in [-0.25, -0.2) is 8.42 Å².